The summed E-state index contributed by atoms with van der Waals surface area (Å²) in [6, 6.07) is -1.28. The fourth-order valence-corrected chi connectivity index (χ4v) is 2.96. The molecular weight excluding hydrogens is 530 g/mol. The van der Waals surface area contributed by atoms with E-state index in [1.54, 1.807) is 0 Å². The molecule has 0 heterocycles. The highest BCUT2D eigenvalue weighted by molar-refractivity contribution is 5.86. The molecule has 0 saturated carbocycles. The monoisotopic (exact) mass is 577 g/mol. The molecule has 0 aromatic carbocycles. The number of carboxylic acid groups (broad SMARTS) is 1. The van der Waals surface area contributed by atoms with Gasteiger partial charge in [0.2, 0.25) is 23.6 Å². The molecule has 0 fully saturated rings. The summed E-state index contributed by atoms with van der Waals surface area (Å²) in [5, 5.41) is 22.3. The molecule has 4 amide bonds. The van der Waals surface area contributed by atoms with Gasteiger partial charge in [0, 0.05) is 26.1 Å². The minimum Gasteiger partial charge on any atom is -0.480 e. The number of carboxylic acids is 1. The number of carbonyl (C=O) groups excluding carboxylic acids is 4. The maximum atomic E-state index is 12.0. The van der Waals surface area contributed by atoms with Crippen LogP contribution in [0.3, 0.4) is 0 Å². The lowest BCUT2D eigenvalue weighted by Gasteiger charge is -2.14. The van der Waals surface area contributed by atoms with Crippen LogP contribution in [0.1, 0.15) is 39.0 Å². The van der Waals surface area contributed by atoms with Crippen LogP contribution < -0.4 is 26.6 Å². The SMILES string of the molecule is CCCCCNC(=O)CNC(=O)CC[C@H](NC(=O)COCCOCCNC(=O)COCCOCCNC)C(=O)O. The van der Waals surface area contributed by atoms with E-state index >= 15 is 0 Å². The summed E-state index contributed by atoms with van der Waals surface area (Å²) in [5.74, 6) is -3.03. The number of amides is 4. The Hall–Kier alpha value is -2.85. The number of nitrogens with one attached hydrogen (secondary N) is 5. The molecule has 0 unspecified atom stereocenters. The number of ether oxygens (including phenoxy) is 4. The molecule has 0 aromatic rings. The summed E-state index contributed by atoms with van der Waals surface area (Å²) in [4.78, 5) is 58.6. The zero-order chi connectivity index (χ0) is 29.8. The average molecular weight is 578 g/mol. The molecule has 0 aliphatic rings. The Balaban J connectivity index is 3.82. The number of hydrogen-bond donors (Lipinski definition) is 6. The van der Waals surface area contributed by atoms with Crippen LogP contribution in [0.4, 0.5) is 0 Å². The lowest BCUT2D eigenvalue weighted by atomic mass is 10.1. The lowest BCUT2D eigenvalue weighted by molar-refractivity contribution is -0.143. The minimum atomic E-state index is -1.29. The molecule has 0 aliphatic heterocycles. The predicted molar refractivity (Wildman–Crippen MR) is 145 cm³/mol. The molecular formula is C25H47N5O10. The van der Waals surface area contributed by atoms with Crippen LogP contribution in [0.15, 0.2) is 0 Å². The highest BCUT2D eigenvalue weighted by atomic mass is 16.5. The second-order valence-corrected chi connectivity index (χ2v) is 8.61. The molecule has 40 heavy (non-hydrogen) atoms. The summed E-state index contributed by atoms with van der Waals surface area (Å²) in [7, 11) is 1.83. The molecule has 1 atom stereocenters. The molecule has 0 aliphatic carbocycles. The molecule has 0 radical (unpaired) electrons. The van der Waals surface area contributed by atoms with Crippen LogP contribution >= 0.6 is 0 Å². The van der Waals surface area contributed by atoms with E-state index in [-0.39, 0.29) is 70.8 Å². The Labute approximate surface area is 235 Å². The van der Waals surface area contributed by atoms with Crippen molar-refractivity contribution in [3.63, 3.8) is 0 Å². The lowest BCUT2D eigenvalue weighted by Crippen LogP contribution is -2.43. The number of aliphatic carboxylic acids is 1. The quantitative estimate of drug-likeness (QED) is 0.0599. The van der Waals surface area contributed by atoms with Gasteiger partial charge in [-0.25, -0.2) is 4.79 Å². The van der Waals surface area contributed by atoms with Crippen molar-refractivity contribution in [2.45, 2.75) is 45.1 Å². The number of carbonyl (C=O) groups is 5. The molecule has 232 valence electrons. The Morgan fingerprint density at radius 2 is 1.27 bits per heavy atom. The maximum absolute atomic E-state index is 12.0. The molecule has 15 heteroatoms. The van der Waals surface area contributed by atoms with E-state index in [1.807, 2.05) is 7.05 Å². The molecule has 0 rings (SSSR count). The Morgan fingerprint density at radius 3 is 1.90 bits per heavy atom. The summed E-state index contributed by atoms with van der Waals surface area (Å²) < 4.78 is 20.9. The molecule has 0 aromatic heterocycles. The topological polar surface area (TPSA) is 203 Å². The van der Waals surface area contributed by atoms with Gasteiger partial charge in [-0.2, -0.15) is 0 Å². The zero-order valence-corrected chi connectivity index (χ0v) is 23.7. The second kappa shape index (κ2) is 26.4. The predicted octanol–water partition coefficient (Wildman–Crippen LogP) is -1.84. The van der Waals surface area contributed by atoms with Gasteiger partial charge in [-0.05, 0) is 19.9 Å². The average Bonchev–Trinajstić information content (AvgIpc) is 2.92. The van der Waals surface area contributed by atoms with E-state index in [4.69, 9.17) is 18.9 Å². The van der Waals surface area contributed by atoms with E-state index < -0.39 is 23.8 Å². The Bertz CT molecular complexity index is 726. The van der Waals surface area contributed by atoms with Crippen molar-refractivity contribution >= 4 is 29.6 Å². The van der Waals surface area contributed by atoms with E-state index in [2.05, 4.69) is 33.5 Å². The van der Waals surface area contributed by atoms with Crippen molar-refractivity contribution in [2.75, 3.05) is 86.1 Å². The first-order chi connectivity index (χ1) is 19.3. The van der Waals surface area contributed by atoms with Crippen molar-refractivity contribution in [3.05, 3.63) is 0 Å². The zero-order valence-electron chi connectivity index (χ0n) is 23.7. The van der Waals surface area contributed by atoms with Crippen molar-refractivity contribution in [1.29, 1.82) is 0 Å². The summed E-state index contributed by atoms with van der Waals surface area (Å²) >= 11 is 0. The number of unbranched alkanes of at least 4 members (excludes halogenated alkanes) is 2. The highest BCUT2D eigenvalue weighted by Gasteiger charge is 2.21. The minimum absolute atomic E-state index is 0.0774. The first-order valence-electron chi connectivity index (χ1n) is 13.6. The fraction of sp³-hybridized carbons (Fsp3) is 0.800. The maximum Gasteiger partial charge on any atom is 0.326 e. The third-order valence-corrected chi connectivity index (χ3v) is 5.12. The van der Waals surface area contributed by atoms with Gasteiger partial charge >= 0.3 is 5.97 Å². The van der Waals surface area contributed by atoms with Crippen LogP contribution in [0.2, 0.25) is 0 Å². The first-order valence-corrected chi connectivity index (χ1v) is 13.6. The summed E-state index contributed by atoms with van der Waals surface area (Å²) in [5.41, 5.74) is 0. The summed E-state index contributed by atoms with van der Waals surface area (Å²) in [6.07, 6.45) is 2.57. The van der Waals surface area contributed by atoms with Gasteiger partial charge < -0.3 is 50.6 Å². The van der Waals surface area contributed by atoms with E-state index in [9.17, 15) is 29.1 Å². The molecule has 0 bridgehead atoms. The van der Waals surface area contributed by atoms with E-state index in [0.717, 1.165) is 25.8 Å². The third-order valence-electron chi connectivity index (χ3n) is 5.12. The molecule has 15 nitrogen and oxygen atoms in total. The third kappa shape index (κ3) is 24.2. The molecule has 0 spiro atoms. The standard InChI is InChI=1S/C25H47N5O10/c1-3-4-5-8-27-22(32)17-29-21(31)7-6-20(25(35)36)30-24(34)19-40-16-14-38-12-10-28-23(33)18-39-15-13-37-11-9-26-2/h20,26H,3-19H2,1-2H3,(H,27,32)(H,28,33)(H,29,31)(H,30,34)(H,35,36)/t20-/m0/s1. The van der Waals surface area contributed by atoms with Crippen molar-refractivity contribution in [3.8, 4) is 0 Å². The highest BCUT2D eigenvalue weighted by Crippen LogP contribution is 1.99. The van der Waals surface area contributed by atoms with Gasteiger partial charge in [-0.3, -0.25) is 19.2 Å². The van der Waals surface area contributed by atoms with Crippen molar-refractivity contribution in [2.24, 2.45) is 0 Å². The first kappa shape index (κ1) is 37.1. The Morgan fingerprint density at radius 1 is 0.675 bits per heavy atom. The second-order valence-electron chi connectivity index (χ2n) is 8.61. The van der Waals surface area contributed by atoms with Gasteiger partial charge in [0.05, 0.1) is 46.2 Å². The Kier molecular flexibility index (Phi) is 24.5. The van der Waals surface area contributed by atoms with Crippen LogP contribution in [0.5, 0.6) is 0 Å². The number of likely N-dealkylation sites (N-methyl/N-ethyl adjacent to an activating group) is 1. The van der Waals surface area contributed by atoms with Crippen LogP contribution in [-0.2, 0) is 42.9 Å². The van der Waals surface area contributed by atoms with Crippen molar-refractivity contribution < 1.29 is 48.0 Å². The van der Waals surface area contributed by atoms with Gasteiger partial charge in [-0.15, -0.1) is 0 Å². The summed E-state index contributed by atoms with van der Waals surface area (Å²) in [6.45, 7) is 4.73. The van der Waals surface area contributed by atoms with Gasteiger partial charge in [0.15, 0.2) is 0 Å². The van der Waals surface area contributed by atoms with E-state index in [1.165, 1.54) is 0 Å². The van der Waals surface area contributed by atoms with Crippen molar-refractivity contribution in [1.82, 2.24) is 26.6 Å². The smallest absolute Gasteiger partial charge is 0.326 e. The normalized spacial score (nSPS) is 11.4. The van der Waals surface area contributed by atoms with Crippen LogP contribution in [0, 0.1) is 0 Å². The van der Waals surface area contributed by atoms with E-state index in [0.29, 0.717) is 26.4 Å². The fourth-order valence-electron chi connectivity index (χ4n) is 2.96. The van der Waals surface area contributed by atoms with Crippen LogP contribution in [-0.4, -0.2) is 127 Å². The molecule has 6 N–H and O–H groups in total. The number of hydrogen-bond acceptors (Lipinski definition) is 10. The molecule has 0 saturated heterocycles. The van der Waals surface area contributed by atoms with Crippen LogP contribution in [0.25, 0.3) is 0 Å². The largest absolute Gasteiger partial charge is 0.480 e. The van der Waals surface area contributed by atoms with Gasteiger partial charge in [0.1, 0.15) is 19.3 Å². The van der Waals surface area contributed by atoms with Gasteiger partial charge in [-0.1, -0.05) is 19.8 Å². The van der Waals surface area contributed by atoms with Gasteiger partial charge in [0.25, 0.3) is 0 Å². The number of rotatable bonds is 27.